The predicted octanol–water partition coefficient (Wildman–Crippen LogP) is 5.49. The number of amides is 1. The Morgan fingerprint density at radius 1 is 0.974 bits per heavy atom. The summed E-state index contributed by atoms with van der Waals surface area (Å²) in [4.78, 5) is 32.8. The molecule has 38 heavy (non-hydrogen) atoms. The maximum Gasteiger partial charge on any atom is 0.255 e. The van der Waals surface area contributed by atoms with Crippen molar-refractivity contribution in [2.75, 3.05) is 5.32 Å². The Morgan fingerprint density at radius 2 is 1.89 bits per heavy atom. The van der Waals surface area contributed by atoms with Gasteiger partial charge >= 0.3 is 0 Å². The van der Waals surface area contributed by atoms with Crippen LogP contribution in [0.5, 0.6) is 0 Å². The van der Waals surface area contributed by atoms with Gasteiger partial charge < -0.3 is 15.2 Å². The van der Waals surface area contributed by atoms with Crippen LogP contribution < -0.4 is 10.6 Å². The topological polar surface area (TPSA) is 97.6 Å². The van der Waals surface area contributed by atoms with Gasteiger partial charge in [-0.3, -0.25) is 14.8 Å². The second-order valence-electron chi connectivity index (χ2n) is 9.15. The summed E-state index contributed by atoms with van der Waals surface area (Å²) in [7, 11) is 2.00. The number of aromatic nitrogens is 5. The van der Waals surface area contributed by atoms with E-state index in [0.717, 1.165) is 48.4 Å². The molecule has 0 unspecified atom stereocenters. The van der Waals surface area contributed by atoms with E-state index in [9.17, 15) is 4.79 Å². The van der Waals surface area contributed by atoms with Crippen molar-refractivity contribution in [3.8, 4) is 10.4 Å². The Hall–Kier alpha value is -4.63. The number of carbonyl (C=O) groups is 1. The number of fused-ring (bicyclic) bond motifs is 3. The van der Waals surface area contributed by atoms with E-state index in [0.29, 0.717) is 24.5 Å². The van der Waals surface area contributed by atoms with Gasteiger partial charge in [-0.1, -0.05) is 12.1 Å². The minimum atomic E-state index is -0.180. The number of pyridine rings is 3. The van der Waals surface area contributed by atoms with Crippen LogP contribution in [0, 0.1) is 6.92 Å². The monoisotopic (exact) mass is 519 g/mol. The van der Waals surface area contributed by atoms with Gasteiger partial charge in [0.05, 0.1) is 35.7 Å². The van der Waals surface area contributed by atoms with Crippen molar-refractivity contribution in [1.29, 1.82) is 0 Å². The number of hydrogen-bond donors (Lipinski definition) is 2. The van der Waals surface area contributed by atoms with Crippen molar-refractivity contribution >= 4 is 45.0 Å². The zero-order chi connectivity index (χ0) is 26.1. The van der Waals surface area contributed by atoms with Crippen molar-refractivity contribution in [2.24, 2.45) is 7.05 Å². The molecular weight excluding hydrogens is 494 g/mol. The van der Waals surface area contributed by atoms with E-state index in [1.54, 1.807) is 42.1 Å². The number of nitrogens with one attached hydrogen (secondary N) is 2. The van der Waals surface area contributed by atoms with Crippen LogP contribution in [-0.2, 0) is 20.1 Å². The third-order valence-corrected chi connectivity index (χ3v) is 7.49. The molecule has 0 aliphatic carbocycles. The standard InChI is InChI=1S/C29H25N7OS/c1-18-10-19(13-30-12-18)14-34-29(37)22-4-3-9-31-28(22)33-15-21-6-8-26(38-21)20-5-7-24-23(11-20)27-25(16-32-24)35-17-36(27)2/h3-13,16-17H,14-15H2,1-2H3,(H,31,33)(H,34,37). The summed E-state index contributed by atoms with van der Waals surface area (Å²) in [5.74, 6) is 0.373. The van der Waals surface area contributed by atoms with Gasteiger partial charge in [0.1, 0.15) is 11.3 Å². The molecule has 0 spiro atoms. The highest BCUT2D eigenvalue weighted by molar-refractivity contribution is 7.15. The molecule has 6 rings (SSSR count). The van der Waals surface area contributed by atoms with Crippen LogP contribution in [0.15, 0.2) is 79.6 Å². The summed E-state index contributed by atoms with van der Waals surface area (Å²) in [6.45, 7) is 2.95. The fourth-order valence-corrected chi connectivity index (χ4v) is 5.46. The molecule has 1 aromatic carbocycles. The first kappa shape index (κ1) is 23.7. The van der Waals surface area contributed by atoms with Crippen molar-refractivity contribution in [3.63, 3.8) is 0 Å². The Labute approximate surface area is 223 Å². The van der Waals surface area contributed by atoms with Crippen molar-refractivity contribution < 1.29 is 4.79 Å². The smallest absolute Gasteiger partial charge is 0.255 e. The third-order valence-electron chi connectivity index (χ3n) is 6.36. The molecule has 1 amide bonds. The molecule has 188 valence electrons. The SMILES string of the molecule is Cc1cncc(CNC(=O)c2cccnc2NCc2ccc(-c3ccc4ncc5ncn(C)c5c4c3)s2)c1. The summed E-state index contributed by atoms with van der Waals surface area (Å²) >= 11 is 1.71. The molecule has 0 aliphatic heterocycles. The molecule has 0 fully saturated rings. The lowest BCUT2D eigenvalue weighted by molar-refractivity contribution is 0.0951. The van der Waals surface area contributed by atoms with E-state index in [1.165, 1.54) is 0 Å². The summed E-state index contributed by atoms with van der Waals surface area (Å²) in [5.41, 5.74) is 6.56. The van der Waals surface area contributed by atoms with Crippen molar-refractivity contribution in [3.05, 3.63) is 101 Å². The largest absolute Gasteiger partial charge is 0.365 e. The molecule has 0 bridgehead atoms. The molecule has 2 N–H and O–H groups in total. The molecule has 0 saturated carbocycles. The second-order valence-corrected chi connectivity index (χ2v) is 10.3. The first-order chi connectivity index (χ1) is 18.5. The summed E-state index contributed by atoms with van der Waals surface area (Å²) in [6.07, 6.45) is 8.87. The highest BCUT2D eigenvalue weighted by Crippen LogP contribution is 2.32. The van der Waals surface area contributed by atoms with Gasteiger partial charge in [-0.25, -0.2) is 9.97 Å². The molecule has 0 aliphatic rings. The van der Waals surface area contributed by atoms with E-state index in [1.807, 2.05) is 37.1 Å². The number of thiophene rings is 1. The number of rotatable bonds is 7. The summed E-state index contributed by atoms with van der Waals surface area (Å²) in [6, 6.07) is 16.1. The van der Waals surface area contributed by atoms with Crippen LogP contribution in [0.25, 0.3) is 32.4 Å². The van der Waals surface area contributed by atoms with Gasteiger partial charge in [0.2, 0.25) is 0 Å². The van der Waals surface area contributed by atoms with Gasteiger partial charge in [0.15, 0.2) is 0 Å². The highest BCUT2D eigenvalue weighted by atomic mass is 32.1. The normalized spacial score (nSPS) is 11.2. The molecule has 6 aromatic rings. The second kappa shape index (κ2) is 10.0. The van der Waals surface area contributed by atoms with Gasteiger partial charge in [-0.2, -0.15) is 0 Å². The van der Waals surface area contributed by atoms with Gasteiger partial charge in [-0.05, 0) is 60.0 Å². The Balaban J connectivity index is 1.17. The molecule has 5 aromatic heterocycles. The lowest BCUT2D eigenvalue weighted by Gasteiger charge is -2.11. The van der Waals surface area contributed by atoms with E-state index < -0.39 is 0 Å². The van der Waals surface area contributed by atoms with Crippen LogP contribution in [-0.4, -0.2) is 30.4 Å². The zero-order valence-corrected chi connectivity index (χ0v) is 21.8. The number of imidazole rings is 1. The fourth-order valence-electron chi connectivity index (χ4n) is 4.51. The summed E-state index contributed by atoms with van der Waals surface area (Å²) in [5, 5.41) is 7.40. The number of hydrogen-bond acceptors (Lipinski definition) is 7. The maximum absolute atomic E-state index is 12.9. The number of anilines is 1. The maximum atomic E-state index is 12.9. The molecule has 8 nitrogen and oxygen atoms in total. The van der Waals surface area contributed by atoms with E-state index in [2.05, 4.69) is 60.9 Å². The quantitative estimate of drug-likeness (QED) is 0.289. The number of nitrogens with zero attached hydrogens (tertiary/aromatic N) is 5. The zero-order valence-electron chi connectivity index (χ0n) is 21.0. The summed E-state index contributed by atoms with van der Waals surface area (Å²) < 4.78 is 2.03. The Morgan fingerprint density at radius 3 is 2.79 bits per heavy atom. The van der Waals surface area contributed by atoms with Gasteiger partial charge in [0.25, 0.3) is 5.91 Å². The minimum absolute atomic E-state index is 0.180. The lowest BCUT2D eigenvalue weighted by atomic mass is 10.1. The minimum Gasteiger partial charge on any atom is -0.365 e. The van der Waals surface area contributed by atoms with Gasteiger partial charge in [0, 0.05) is 47.3 Å². The van der Waals surface area contributed by atoms with E-state index in [-0.39, 0.29) is 5.91 Å². The molecular formula is C29H25N7OS. The Bertz CT molecular complexity index is 1790. The van der Waals surface area contributed by atoms with Gasteiger partial charge in [-0.15, -0.1) is 11.3 Å². The Kier molecular flexibility index (Phi) is 6.27. The van der Waals surface area contributed by atoms with Crippen LogP contribution in [0.4, 0.5) is 5.82 Å². The number of benzene rings is 1. The van der Waals surface area contributed by atoms with Crippen LogP contribution in [0.2, 0.25) is 0 Å². The van der Waals surface area contributed by atoms with E-state index >= 15 is 0 Å². The average Bonchev–Trinajstić information content (AvgIpc) is 3.57. The van der Waals surface area contributed by atoms with Crippen molar-refractivity contribution in [1.82, 2.24) is 29.8 Å². The molecule has 0 radical (unpaired) electrons. The van der Waals surface area contributed by atoms with Crippen LogP contribution in [0.3, 0.4) is 0 Å². The molecule has 0 saturated heterocycles. The fraction of sp³-hybridized carbons (Fsp3) is 0.138. The average molecular weight is 520 g/mol. The first-order valence-corrected chi connectivity index (χ1v) is 13.0. The van der Waals surface area contributed by atoms with Crippen LogP contribution in [0.1, 0.15) is 26.4 Å². The number of carbonyl (C=O) groups excluding carboxylic acids is 1. The molecule has 9 heteroatoms. The van der Waals surface area contributed by atoms with Crippen molar-refractivity contribution in [2.45, 2.75) is 20.0 Å². The predicted molar refractivity (Wildman–Crippen MR) is 151 cm³/mol. The molecule has 5 heterocycles. The lowest BCUT2D eigenvalue weighted by Crippen LogP contribution is -2.24. The number of aryl methyl sites for hydroxylation is 2. The van der Waals surface area contributed by atoms with E-state index in [4.69, 9.17) is 0 Å². The third kappa shape index (κ3) is 4.71. The highest BCUT2D eigenvalue weighted by Gasteiger charge is 2.13. The molecule has 0 atom stereocenters. The van der Waals surface area contributed by atoms with Crippen LogP contribution >= 0.6 is 11.3 Å². The first-order valence-electron chi connectivity index (χ1n) is 12.2.